The fraction of sp³-hybridized carbons (Fsp3) is 0.571. The molecular formula is C21H26N2O4. The zero-order valence-electron chi connectivity index (χ0n) is 15.6. The Morgan fingerprint density at radius 2 is 1.70 bits per heavy atom. The van der Waals surface area contributed by atoms with Gasteiger partial charge in [-0.15, -0.1) is 0 Å². The number of primary amides is 1. The van der Waals surface area contributed by atoms with E-state index in [4.69, 9.17) is 10.5 Å². The zero-order valence-corrected chi connectivity index (χ0v) is 15.6. The fourth-order valence-electron chi connectivity index (χ4n) is 5.99. The van der Waals surface area contributed by atoms with E-state index in [1.807, 2.05) is 0 Å². The molecule has 0 saturated heterocycles. The number of anilines is 1. The lowest BCUT2D eigenvalue weighted by Crippen LogP contribution is -2.52. The van der Waals surface area contributed by atoms with E-state index in [2.05, 4.69) is 5.32 Å². The van der Waals surface area contributed by atoms with Crippen molar-refractivity contribution in [3.63, 3.8) is 0 Å². The van der Waals surface area contributed by atoms with E-state index in [0.717, 1.165) is 19.3 Å². The average Bonchev–Trinajstić information content (AvgIpc) is 2.59. The highest BCUT2D eigenvalue weighted by molar-refractivity contribution is 5.96. The standard InChI is InChI=1S/C21H26N2O4/c1-12(27-19(25)16-3-2-4-17(8-16)23-20(22)26)18(24)21-9-13-5-14(10-21)7-15(6-13)11-21/h2-4,8,12-15H,5-7,9-11H2,1H3,(H3,22,23,26)/t12-,13?,14?,15?,21?/m1/s1. The highest BCUT2D eigenvalue weighted by Crippen LogP contribution is 2.60. The van der Waals surface area contributed by atoms with Crippen molar-refractivity contribution in [2.45, 2.75) is 51.6 Å². The second-order valence-electron chi connectivity index (χ2n) is 8.68. The first kappa shape index (κ1) is 18.0. The lowest BCUT2D eigenvalue weighted by Gasteiger charge is -2.56. The molecule has 6 nitrogen and oxygen atoms in total. The Bertz CT molecular complexity index is 753. The molecule has 4 aliphatic rings. The molecular weight excluding hydrogens is 344 g/mol. The first-order chi connectivity index (χ1) is 12.8. The molecule has 0 spiro atoms. The number of nitrogens with one attached hydrogen (secondary N) is 1. The predicted molar refractivity (Wildman–Crippen MR) is 100 cm³/mol. The monoisotopic (exact) mass is 370 g/mol. The number of esters is 1. The second kappa shape index (κ2) is 6.66. The van der Waals surface area contributed by atoms with Crippen LogP contribution in [-0.2, 0) is 9.53 Å². The highest BCUT2D eigenvalue weighted by Gasteiger charge is 2.55. The van der Waals surface area contributed by atoms with Crippen LogP contribution in [-0.4, -0.2) is 23.9 Å². The largest absolute Gasteiger partial charge is 0.451 e. The Morgan fingerprint density at radius 1 is 1.11 bits per heavy atom. The number of Topliss-reactive ketones (excluding diaryl/α,β-unsaturated/α-hetero) is 1. The third-order valence-corrected chi connectivity index (χ3v) is 6.58. The van der Waals surface area contributed by atoms with Crippen LogP contribution in [0.25, 0.3) is 0 Å². The molecule has 4 saturated carbocycles. The van der Waals surface area contributed by atoms with Crippen LogP contribution in [0.4, 0.5) is 10.5 Å². The van der Waals surface area contributed by atoms with Crippen molar-refractivity contribution >= 4 is 23.5 Å². The second-order valence-corrected chi connectivity index (χ2v) is 8.68. The van der Waals surface area contributed by atoms with Crippen LogP contribution < -0.4 is 11.1 Å². The summed E-state index contributed by atoms with van der Waals surface area (Å²) in [6.07, 6.45) is 5.90. The summed E-state index contributed by atoms with van der Waals surface area (Å²) >= 11 is 0. The van der Waals surface area contributed by atoms with E-state index in [9.17, 15) is 14.4 Å². The smallest absolute Gasteiger partial charge is 0.338 e. The normalized spacial score (nSPS) is 32.0. The van der Waals surface area contributed by atoms with Crippen LogP contribution in [0.5, 0.6) is 0 Å². The summed E-state index contributed by atoms with van der Waals surface area (Å²) in [7, 11) is 0. The summed E-state index contributed by atoms with van der Waals surface area (Å²) in [6, 6.07) is 5.65. The molecule has 4 bridgehead atoms. The van der Waals surface area contributed by atoms with E-state index >= 15 is 0 Å². The highest BCUT2D eigenvalue weighted by atomic mass is 16.5. The van der Waals surface area contributed by atoms with Crippen LogP contribution in [0.3, 0.4) is 0 Å². The minimum atomic E-state index is -0.762. The summed E-state index contributed by atoms with van der Waals surface area (Å²) in [4.78, 5) is 36.7. The number of urea groups is 1. The molecule has 27 heavy (non-hydrogen) atoms. The maximum Gasteiger partial charge on any atom is 0.338 e. The molecule has 1 aromatic rings. The number of hydrogen-bond acceptors (Lipinski definition) is 4. The van der Waals surface area contributed by atoms with Gasteiger partial charge < -0.3 is 15.8 Å². The number of benzene rings is 1. The summed E-state index contributed by atoms with van der Waals surface area (Å²) in [5, 5.41) is 2.43. The van der Waals surface area contributed by atoms with E-state index in [0.29, 0.717) is 23.4 Å². The van der Waals surface area contributed by atoms with Crippen molar-refractivity contribution in [3.8, 4) is 0 Å². The molecule has 0 unspecified atom stereocenters. The Morgan fingerprint density at radius 3 is 2.26 bits per heavy atom. The van der Waals surface area contributed by atoms with Crippen molar-refractivity contribution < 1.29 is 19.1 Å². The number of nitrogens with two attached hydrogens (primary N) is 1. The van der Waals surface area contributed by atoms with Gasteiger partial charge in [-0.05, 0) is 81.4 Å². The van der Waals surface area contributed by atoms with E-state index in [-0.39, 0.29) is 16.8 Å². The number of carbonyl (C=O) groups excluding carboxylic acids is 3. The average molecular weight is 370 g/mol. The first-order valence-corrected chi connectivity index (χ1v) is 9.76. The maximum atomic E-state index is 13.2. The summed E-state index contributed by atoms with van der Waals surface area (Å²) in [5.41, 5.74) is 5.51. The molecule has 6 heteroatoms. The van der Waals surface area contributed by atoms with Gasteiger partial charge in [0.15, 0.2) is 11.9 Å². The fourth-order valence-corrected chi connectivity index (χ4v) is 5.99. The molecule has 0 aromatic heterocycles. The zero-order chi connectivity index (χ0) is 19.2. The number of ketones is 1. The molecule has 0 aliphatic heterocycles. The molecule has 4 fully saturated rings. The van der Waals surface area contributed by atoms with E-state index in [1.54, 1.807) is 25.1 Å². The third-order valence-electron chi connectivity index (χ3n) is 6.58. The van der Waals surface area contributed by atoms with Crippen molar-refractivity contribution in [3.05, 3.63) is 29.8 Å². The van der Waals surface area contributed by atoms with Gasteiger partial charge >= 0.3 is 12.0 Å². The quantitative estimate of drug-likeness (QED) is 0.775. The van der Waals surface area contributed by atoms with Gasteiger partial charge in [0.1, 0.15) is 0 Å². The van der Waals surface area contributed by atoms with Crippen molar-refractivity contribution in [1.29, 1.82) is 0 Å². The van der Waals surface area contributed by atoms with Crippen LogP contribution in [0.1, 0.15) is 55.8 Å². The van der Waals surface area contributed by atoms with Gasteiger partial charge in [0.05, 0.1) is 5.56 Å². The SMILES string of the molecule is C[C@@H](OC(=O)c1cccc(NC(N)=O)c1)C(=O)C12CC3CC(CC(C3)C1)C2. The Kier molecular flexibility index (Phi) is 4.44. The summed E-state index contributed by atoms with van der Waals surface area (Å²) < 4.78 is 5.52. The minimum absolute atomic E-state index is 0.0846. The van der Waals surface area contributed by atoms with Crippen LogP contribution >= 0.6 is 0 Å². The van der Waals surface area contributed by atoms with Gasteiger partial charge in [0.25, 0.3) is 0 Å². The molecule has 3 N–H and O–H groups in total. The van der Waals surface area contributed by atoms with Gasteiger partial charge in [0, 0.05) is 11.1 Å². The molecule has 5 rings (SSSR count). The molecule has 4 aliphatic carbocycles. The van der Waals surface area contributed by atoms with Gasteiger partial charge in [0.2, 0.25) is 0 Å². The molecule has 1 aromatic carbocycles. The molecule has 2 amide bonds. The topological polar surface area (TPSA) is 98.5 Å². The van der Waals surface area contributed by atoms with Crippen LogP contribution in [0, 0.1) is 23.2 Å². The lowest BCUT2D eigenvalue weighted by atomic mass is 9.48. The van der Waals surface area contributed by atoms with Gasteiger partial charge in [-0.3, -0.25) is 4.79 Å². The van der Waals surface area contributed by atoms with Crippen molar-refractivity contribution in [1.82, 2.24) is 0 Å². The predicted octanol–water partition coefficient (Wildman–Crippen LogP) is 3.51. The Hall–Kier alpha value is -2.37. The van der Waals surface area contributed by atoms with Crippen molar-refractivity contribution in [2.75, 3.05) is 5.32 Å². The van der Waals surface area contributed by atoms with Gasteiger partial charge in [-0.1, -0.05) is 6.07 Å². The molecule has 0 radical (unpaired) electrons. The van der Waals surface area contributed by atoms with Crippen molar-refractivity contribution in [2.24, 2.45) is 28.9 Å². The number of amides is 2. The Labute approximate surface area is 158 Å². The number of rotatable bonds is 5. The first-order valence-electron chi connectivity index (χ1n) is 9.76. The summed E-state index contributed by atoms with van der Waals surface area (Å²) in [6.45, 7) is 1.68. The number of carbonyl (C=O) groups is 3. The molecule has 0 heterocycles. The minimum Gasteiger partial charge on any atom is -0.451 e. The van der Waals surface area contributed by atoms with Crippen LogP contribution in [0.2, 0.25) is 0 Å². The number of hydrogen-bond donors (Lipinski definition) is 2. The number of ether oxygens (including phenoxy) is 1. The maximum absolute atomic E-state index is 13.2. The summed E-state index contributed by atoms with van der Waals surface area (Å²) in [5.74, 6) is 1.52. The Balaban J connectivity index is 1.44. The van der Waals surface area contributed by atoms with Crippen LogP contribution in [0.15, 0.2) is 24.3 Å². The lowest BCUT2D eigenvalue weighted by molar-refractivity contribution is -0.152. The third kappa shape index (κ3) is 3.45. The van der Waals surface area contributed by atoms with E-state index in [1.165, 1.54) is 25.3 Å². The molecule has 144 valence electrons. The van der Waals surface area contributed by atoms with E-state index < -0.39 is 18.1 Å². The molecule has 1 atom stereocenters. The van der Waals surface area contributed by atoms with Gasteiger partial charge in [-0.2, -0.15) is 0 Å². The van der Waals surface area contributed by atoms with Gasteiger partial charge in [-0.25, -0.2) is 9.59 Å².